The van der Waals surface area contributed by atoms with Gasteiger partial charge in [-0.25, -0.2) is 4.98 Å². The van der Waals surface area contributed by atoms with Crippen LogP contribution < -0.4 is 9.47 Å². The van der Waals surface area contributed by atoms with Crippen molar-refractivity contribution in [3.8, 4) is 17.4 Å². The fourth-order valence-electron chi connectivity index (χ4n) is 2.31. The van der Waals surface area contributed by atoms with Crippen LogP contribution in [0.1, 0.15) is 19.4 Å². The van der Waals surface area contributed by atoms with E-state index in [4.69, 9.17) is 9.47 Å². The minimum absolute atomic E-state index is 0. The van der Waals surface area contributed by atoms with Crippen molar-refractivity contribution in [1.29, 1.82) is 0 Å². The third-order valence-corrected chi connectivity index (χ3v) is 3.42. The summed E-state index contributed by atoms with van der Waals surface area (Å²) in [5, 5.41) is 0. The molecule has 3 aromatic rings. The molecule has 0 aliphatic rings. The van der Waals surface area contributed by atoms with E-state index in [0.29, 0.717) is 17.1 Å². The van der Waals surface area contributed by atoms with Crippen LogP contribution in [0.3, 0.4) is 0 Å². The van der Waals surface area contributed by atoms with Crippen LogP contribution in [0, 0.1) is 13.0 Å². The monoisotopic (exact) mass is 408 g/mol. The number of ether oxygens (including phenoxy) is 2. The Bertz CT molecular complexity index is 863. The number of fused-ring (bicyclic) bond motifs is 1. The molecule has 2 aromatic carbocycles. The van der Waals surface area contributed by atoms with Gasteiger partial charge in [-0.1, -0.05) is 13.0 Å². The molecule has 1 aromatic heterocycles. The van der Waals surface area contributed by atoms with Crippen molar-refractivity contribution in [2.45, 2.75) is 26.9 Å². The van der Waals surface area contributed by atoms with Crippen LogP contribution in [-0.4, -0.2) is 16.1 Å². The van der Waals surface area contributed by atoms with Gasteiger partial charge in [-0.3, -0.25) is 0 Å². The molecule has 5 heteroatoms. The average Bonchev–Trinajstić information content (AvgIpc) is 2.56. The summed E-state index contributed by atoms with van der Waals surface area (Å²) in [6.07, 6.45) is 5.61. The Kier molecular flexibility index (Phi) is 7.09. The molecule has 0 amide bonds. The summed E-state index contributed by atoms with van der Waals surface area (Å²) in [4.78, 5) is 8.79. The first kappa shape index (κ1) is 19.5. The van der Waals surface area contributed by atoms with E-state index < -0.39 is 0 Å². The van der Waals surface area contributed by atoms with Crippen LogP contribution in [0.15, 0.2) is 54.7 Å². The molecule has 0 bridgehead atoms. The second kappa shape index (κ2) is 9.07. The van der Waals surface area contributed by atoms with E-state index in [1.807, 2.05) is 69.3 Å². The Morgan fingerprint density at radius 2 is 1.80 bits per heavy atom. The molecule has 0 spiro atoms. The van der Waals surface area contributed by atoms with Crippen LogP contribution in [-0.2, 0) is 32.7 Å². The topological polar surface area (TPSA) is 44.2 Å². The van der Waals surface area contributed by atoms with Gasteiger partial charge in [0.15, 0.2) is 0 Å². The predicted molar refractivity (Wildman–Crippen MR) is 94.5 cm³/mol. The van der Waals surface area contributed by atoms with Gasteiger partial charge in [0, 0.05) is 32.7 Å². The van der Waals surface area contributed by atoms with E-state index in [0.717, 1.165) is 16.8 Å². The van der Waals surface area contributed by atoms with Crippen LogP contribution in [0.4, 0.5) is 0 Å². The third-order valence-electron chi connectivity index (χ3n) is 3.42. The molecule has 1 atom stereocenters. The summed E-state index contributed by atoms with van der Waals surface area (Å²) in [5.74, 6) is 1.92. The molecule has 25 heavy (non-hydrogen) atoms. The van der Waals surface area contributed by atoms with Gasteiger partial charge in [0.2, 0.25) is 5.88 Å². The zero-order chi connectivity index (χ0) is 16.9. The van der Waals surface area contributed by atoms with Gasteiger partial charge >= 0.3 is 0 Å². The van der Waals surface area contributed by atoms with E-state index >= 15 is 0 Å². The number of aryl methyl sites for hydroxylation is 1. The Morgan fingerprint density at radius 3 is 2.52 bits per heavy atom. The maximum Gasteiger partial charge on any atom is 0.235 e. The Hall–Kier alpha value is -1.78. The minimum atomic E-state index is 0. The Labute approximate surface area is 173 Å². The van der Waals surface area contributed by atoms with Crippen molar-refractivity contribution in [1.82, 2.24) is 9.97 Å². The van der Waals surface area contributed by atoms with E-state index in [9.17, 15) is 0 Å². The SMILES string of the molecule is CC=CC(C)Oc1ccc(Oc2cnc3ccc(C)[c-]c3n2)cc1.[Y]. The number of hydrogen-bond donors (Lipinski definition) is 0. The smallest absolute Gasteiger partial charge is 0.235 e. The average molecular weight is 408 g/mol. The van der Waals surface area contributed by atoms with E-state index in [1.165, 1.54) is 0 Å². The zero-order valence-corrected chi connectivity index (χ0v) is 17.4. The van der Waals surface area contributed by atoms with Crippen LogP contribution in [0.5, 0.6) is 17.4 Å². The normalized spacial score (nSPS) is 12.0. The summed E-state index contributed by atoms with van der Waals surface area (Å²) in [6, 6.07) is 14.5. The second-order valence-electron chi connectivity index (χ2n) is 5.51. The van der Waals surface area contributed by atoms with Gasteiger partial charge in [0.25, 0.3) is 0 Å². The number of allylic oxidation sites excluding steroid dienone is 1. The first-order valence-electron chi connectivity index (χ1n) is 7.87. The number of nitrogens with zero attached hydrogens (tertiary/aromatic N) is 2. The molecule has 0 saturated carbocycles. The molecule has 4 nitrogen and oxygen atoms in total. The fourth-order valence-corrected chi connectivity index (χ4v) is 2.31. The van der Waals surface area contributed by atoms with Gasteiger partial charge in [-0.05, 0) is 55.2 Å². The molecule has 0 saturated heterocycles. The van der Waals surface area contributed by atoms with E-state index in [1.54, 1.807) is 6.20 Å². The molecule has 0 N–H and O–H groups in total. The van der Waals surface area contributed by atoms with Crippen molar-refractivity contribution in [2.75, 3.05) is 0 Å². The molecule has 0 fully saturated rings. The maximum atomic E-state index is 5.77. The number of hydrogen-bond acceptors (Lipinski definition) is 4. The quantitative estimate of drug-likeness (QED) is 0.446. The molecular weight excluding hydrogens is 389 g/mol. The van der Waals surface area contributed by atoms with Gasteiger partial charge in [-0.2, -0.15) is 17.7 Å². The van der Waals surface area contributed by atoms with Crippen molar-refractivity contribution >= 4 is 11.0 Å². The molecule has 1 heterocycles. The maximum absolute atomic E-state index is 5.77. The van der Waals surface area contributed by atoms with Crippen LogP contribution in [0.2, 0.25) is 0 Å². The van der Waals surface area contributed by atoms with Crippen LogP contribution in [0.25, 0.3) is 11.0 Å². The van der Waals surface area contributed by atoms with Gasteiger partial charge in [0.05, 0.1) is 6.20 Å². The largest absolute Gasteiger partial charge is 0.487 e. The second-order valence-corrected chi connectivity index (χ2v) is 5.51. The van der Waals surface area contributed by atoms with Crippen molar-refractivity contribution in [3.63, 3.8) is 0 Å². The summed E-state index contributed by atoms with van der Waals surface area (Å²) in [7, 11) is 0. The minimum Gasteiger partial charge on any atom is -0.487 e. The molecule has 0 aliphatic heterocycles. The number of benzene rings is 2. The standard InChI is InChI=1S/C20H19N2O2.Y/c1-4-5-15(3)23-16-7-9-17(10-8-16)24-20-13-21-18-11-6-14(2)12-19(18)22-20;/h4-11,13,15H,1-3H3;/q-1;. The Morgan fingerprint density at radius 1 is 1.08 bits per heavy atom. The van der Waals surface area contributed by atoms with Gasteiger partial charge in [-0.15, -0.1) is 6.07 Å². The summed E-state index contributed by atoms with van der Waals surface area (Å²) >= 11 is 0. The van der Waals surface area contributed by atoms with Crippen LogP contribution >= 0.6 is 0 Å². The number of aromatic nitrogens is 2. The van der Waals surface area contributed by atoms with Crippen molar-refractivity contribution in [3.05, 3.63) is 66.4 Å². The molecule has 1 unspecified atom stereocenters. The van der Waals surface area contributed by atoms with Crippen molar-refractivity contribution < 1.29 is 42.2 Å². The molecule has 3 rings (SSSR count). The summed E-state index contributed by atoms with van der Waals surface area (Å²) in [5.41, 5.74) is 2.52. The summed E-state index contributed by atoms with van der Waals surface area (Å²) < 4.78 is 11.5. The molecule has 125 valence electrons. The Balaban J connectivity index is 0.00000225. The van der Waals surface area contributed by atoms with Gasteiger partial charge < -0.3 is 14.5 Å². The zero-order valence-electron chi connectivity index (χ0n) is 14.6. The van der Waals surface area contributed by atoms with E-state index in [2.05, 4.69) is 16.0 Å². The van der Waals surface area contributed by atoms with E-state index in [-0.39, 0.29) is 38.8 Å². The first-order chi connectivity index (χ1) is 11.6. The fraction of sp³-hybridized carbons (Fsp3) is 0.200. The molecular formula is C20H19N2O2Y-. The molecule has 1 radical (unpaired) electrons. The van der Waals surface area contributed by atoms with Gasteiger partial charge in [0.1, 0.15) is 17.6 Å². The number of rotatable bonds is 5. The molecule has 0 aliphatic carbocycles. The predicted octanol–water partition coefficient (Wildman–Crippen LogP) is 4.87. The third kappa shape index (κ3) is 5.35. The summed E-state index contributed by atoms with van der Waals surface area (Å²) in [6.45, 7) is 5.94. The first-order valence-corrected chi connectivity index (χ1v) is 7.87. The van der Waals surface area contributed by atoms with Crippen molar-refractivity contribution in [2.24, 2.45) is 0 Å².